The van der Waals surface area contributed by atoms with Gasteiger partial charge in [-0.2, -0.15) is 5.26 Å². The van der Waals surface area contributed by atoms with Crippen molar-refractivity contribution in [1.82, 2.24) is 4.90 Å². The summed E-state index contributed by atoms with van der Waals surface area (Å²) < 4.78 is 5.24. The summed E-state index contributed by atoms with van der Waals surface area (Å²) in [7, 11) is 1.60. The molecule has 1 atom stereocenters. The average Bonchev–Trinajstić information content (AvgIpc) is 2.71. The van der Waals surface area contributed by atoms with Crippen LogP contribution in [-0.4, -0.2) is 24.0 Å². The lowest BCUT2D eigenvalue weighted by atomic mass is 10.1. The summed E-state index contributed by atoms with van der Waals surface area (Å²) in [5, 5.41) is 8.98. The molecule has 1 heterocycles. The predicted molar refractivity (Wildman–Crippen MR) is 62.2 cm³/mol. The Morgan fingerprint density at radius 2 is 2.29 bits per heavy atom. The van der Waals surface area contributed by atoms with Gasteiger partial charge in [0.1, 0.15) is 11.8 Å². The largest absolute Gasteiger partial charge is 0.496 e. The second-order valence-electron chi connectivity index (χ2n) is 4.02. The zero-order valence-corrected chi connectivity index (χ0v) is 9.72. The van der Waals surface area contributed by atoms with Crippen LogP contribution in [0.15, 0.2) is 24.3 Å². The molecule has 1 amide bonds. The molecule has 1 fully saturated rings. The molecule has 0 spiro atoms. The first-order valence-corrected chi connectivity index (χ1v) is 5.57. The van der Waals surface area contributed by atoms with Crippen molar-refractivity contribution >= 4 is 5.91 Å². The Labute approximate surface area is 100 Å². The molecule has 17 heavy (non-hydrogen) atoms. The van der Waals surface area contributed by atoms with Crippen LogP contribution in [0.3, 0.4) is 0 Å². The van der Waals surface area contributed by atoms with Crippen LogP contribution in [-0.2, 0) is 11.3 Å². The Morgan fingerprint density at radius 1 is 1.53 bits per heavy atom. The van der Waals surface area contributed by atoms with E-state index in [4.69, 9.17) is 10.00 Å². The van der Waals surface area contributed by atoms with Gasteiger partial charge in [0.25, 0.3) is 0 Å². The fraction of sp³-hybridized carbons (Fsp3) is 0.385. The minimum absolute atomic E-state index is 0.0439. The third kappa shape index (κ3) is 2.23. The maximum atomic E-state index is 11.7. The zero-order valence-electron chi connectivity index (χ0n) is 9.72. The Hall–Kier alpha value is -2.02. The molecule has 0 saturated carbocycles. The number of para-hydroxylation sites is 1. The van der Waals surface area contributed by atoms with E-state index < -0.39 is 0 Å². The number of hydrogen-bond donors (Lipinski definition) is 0. The number of rotatable bonds is 3. The molecule has 2 rings (SSSR count). The van der Waals surface area contributed by atoms with E-state index in [0.29, 0.717) is 19.4 Å². The van der Waals surface area contributed by atoms with E-state index >= 15 is 0 Å². The van der Waals surface area contributed by atoms with E-state index in [1.807, 2.05) is 24.3 Å². The number of nitriles is 1. The first-order valence-electron chi connectivity index (χ1n) is 5.57. The van der Waals surface area contributed by atoms with Gasteiger partial charge in [0.2, 0.25) is 5.91 Å². The Kier molecular flexibility index (Phi) is 3.29. The fourth-order valence-electron chi connectivity index (χ4n) is 2.08. The van der Waals surface area contributed by atoms with Crippen molar-refractivity contribution in [2.24, 2.45) is 0 Å². The van der Waals surface area contributed by atoms with Gasteiger partial charge in [0.05, 0.1) is 19.7 Å². The van der Waals surface area contributed by atoms with Crippen LogP contribution in [0.5, 0.6) is 5.75 Å². The summed E-state index contributed by atoms with van der Waals surface area (Å²) >= 11 is 0. The maximum absolute atomic E-state index is 11.7. The third-order valence-corrected chi connectivity index (χ3v) is 3.01. The summed E-state index contributed by atoms with van der Waals surface area (Å²) in [5.41, 5.74) is 0.936. The predicted octanol–water partition coefficient (Wildman–Crippen LogP) is 1.71. The molecule has 0 N–H and O–H groups in total. The lowest BCUT2D eigenvalue weighted by Gasteiger charge is -2.20. The molecular formula is C13H14N2O2. The number of hydrogen-bond acceptors (Lipinski definition) is 3. The van der Waals surface area contributed by atoms with Crippen LogP contribution < -0.4 is 4.74 Å². The summed E-state index contributed by atoms with van der Waals surface area (Å²) in [6.07, 6.45) is 1.10. The minimum atomic E-state index is -0.299. The van der Waals surface area contributed by atoms with Gasteiger partial charge in [0, 0.05) is 12.0 Å². The van der Waals surface area contributed by atoms with Gasteiger partial charge in [0.15, 0.2) is 0 Å². The molecule has 0 bridgehead atoms. The number of methoxy groups -OCH3 is 1. The van der Waals surface area contributed by atoms with Crippen LogP contribution in [0.25, 0.3) is 0 Å². The highest BCUT2D eigenvalue weighted by Crippen LogP contribution is 2.25. The van der Waals surface area contributed by atoms with Crippen molar-refractivity contribution in [3.8, 4) is 11.8 Å². The molecule has 4 heteroatoms. The van der Waals surface area contributed by atoms with Gasteiger partial charge < -0.3 is 9.64 Å². The Balaban J connectivity index is 2.20. The standard InChI is InChI=1S/C13H14N2O2/c1-17-12-5-3-2-4-10(12)9-15-11(8-14)6-7-13(15)16/h2-5,11H,6-7,9H2,1H3. The monoisotopic (exact) mass is 230 g/mol. The van der Waals surface area contributed by atoms with Crippen molar-refractivity contribution in [3.05, 3.63) is 29.8 Å². The summed E-state index contributed by atoms with van der Waals surface area (Å²) in [5.74, 6) is 0.798. The summed E-state index contributed by atoms with van der Waals surface area (Å²) in [6.45, 7) is 0.446. The van der Waals surface area contributed by atoms with Crippen LogP contribution in [0, 0.1) is 11.3 Å². The highest BCUT2D eigenvalue weighted by atomic mass is 16.5. The molecule has 1 aliphatic rings. The van der Waals surface area contributed by atoms with Crippen molar-refractivity contribution in [3.63, 3.8) is 0 Å². The smallest absolute Gasteiger partial charge is 0.224 e. The second kappa shape index (κ2) is 4.88. The van der Waals surface area contributed by atoms with Gasteiger partial charge in [-0.3, -0.25) is 4.79 Å². The van der Waals surface area contributed by atoms with Crippen LogP contribution in [0.2, 0.25) is 0 Å². The highest BCUT2D eigenvalue weighted by Gasteiger charge is 2.31. The third-order valence-electron chi connectivity index (χ3n) is 3.01. The number of amides is 1. The Morgan fingerprint density at radius 3 is 3.00 bits per heavy atom. The lowest BCUT2D eigenvalue weighted by Crippen LogP contribution is -2.31. The average molecular weight is 230 g/mol. The van der Waals surface area contributed by atoms with Crippen LogP contribution >= 0.6 is 0 Å². The summed E-state index contributed by atoms with van der Waals surface area (Å²) in [4.78, 5) is 13.3. The molecule has 1 aromatic rings. The lowest BCUT2D eigenvalue weighted by molar-refractivity contribution is -0.128. The van der Waals surface area contributed by atoms with Crippen LogP contribution in [0.1, 0.15) is 18.4 Å². The van der Waals surface area contributed by atoms with E-state index in [0.717, 1.165) is 11.3 Å². The molecule has 0 aromatic heterocycles. The first kappa shape index (κ1) is 11.5. The van der Waals surface area contributed by atoms with Gasteiger partial charge in [-0.15, -0.1) is 0 Å². The van der Waals surface area contributed by atoms with Crippen molar-refractivity contribution in [2.45, 2.75) is 25.4 Å². The normalized spacial score (nSPS) is 19.2. The number of benzene rings is 1. The van der Waals surface area contributed by atoms with E-state index in [1.54, 1.807) is 12.0 Å². The van der Waals surface area contributed by atoms with Crippen molar-refractivity contribution < 1.29 is 9.53 Å². The maximum Gasteiger partial charge on any atom is 0.224 e. The quantitative estimate of drug-likeness (QED) is 0.794. The second-order valence-corrected chi connectivity index (χ2v) is 4.02. The van der Waals surface area contributed by atoms with Crippen LogP contribution in [0.4, 0.5) is 0 Å². The molecule has 1 aromatic carbocycles. The van der Waals surface area contributed by atoms with E-state index in [2.05, 4.69) is 6.07 Å². The molecule has 1 aliphatic heterocycles. The first-order chi connectivity index (χ1) is 8.26. The number of likely N-dealkylation sites (tertiary alicyclic amines) is 1. The minimum Gasteiger partial charge on any atom is -0.496 e. The molecular weight excluding hydrogens is 216 g/mol. The number of nitrogens with zero attached hydrogens (tertiary/aromatic N) is 2. The number of ether oxygens (including phenoxy) is 1. The number of carbonyl (C=O) groups is 1. The van der Waals surface area contributed by atoms with E-state index in [9.17, 15) is 4.79 Å². The van der Waals surface area contributed by atoms with Crippen molar-refractivity contribution in [2.75, 3.05) is 7.11 Å². The van der Waals surface area contributed by atoms with Gasteiger partial charge >= 0.3 is 0 Å². The molecule has 1 unspecified atom stereocenters. The topological polar surface area (TPSA) is 53.3 Å². The zero-order chi connectivity index (χ0) is 12.3. The van der Waals surface area contributed by atoms with Gasteiger partial charge in [-0.1, -0.05) is 18.2 Å². The van der Waals surface area contributed by atoms with Crippen molar-refractivity contribution in [1.29, 1.82) is 5.26 Å². The fourth-order valence-corrected chi connectivity index (χ4v) is 2.08. The van der Waals surface area contributed by atoms with E-state index in [-0.39, 0.29) is 11.9 Å². The molecule has 0 aliphatic carbocycles. The molecule has 4 nitrogen and oxygen atoms in total. The molecule has 88 valence electrons. The van der Waals surface area contributed by atoms with Gasteiger partial charge in [-0.05, 0) is 12.5 Å². The molecule has 0 radical (unpaired) electrons. The SMILES string of the molecule is COc1ccccc1CN1C(=O)CCC1C#N. The van der Waals surface area contributed by atoms with E-state index in [1.165, 1.54) is 0 Å². The Bertz CT molecular complexity index is 465. The van der Waals surface area contributed by atoms with Gasteiger partial charge in [-0.25, -0.2) is 0 Å². The molecule has 1 saturated heterocycles. The number of carbonyl (C=O) groups excluding carboxylic acids is 1. The summed E-state index contributed by atoms with van der Waals surface area (Å²) in [6, 6.07) is 9.43. The highest BCUT2D eigenvalue weighted by molar-refractivity contribution is 5.79.